The van der Waals surface area contributed by atoms with Gasteiger partial charge in [-0.2, -0.15) is 18.3 Å². The Morgan fingerprint density at radius 1 is 1.23 bits per heavy atom. The molecule has 0 aliphatic carbocycles. The Balaban J connectivity index is 1.93. The number of para-hydroxylation sites is 1. The highest BCUT2D eigenvalue weighted by Crippen LogP contribution is 2.33. The summed E-state index contributed by atoms with van der Waals surface area (Å²) in [6.45, 7) is 0.491. The Bertz CT molecular complexity index is 802. The van der Waals surface area contributed by atoms with Gasteiger partial charge in [0.1, 0.15) is 6.04 Å². The number of nitrogens with one attached hydrogen (secondary N) is 2. The lowest BCUT2D eigenvalue weighted by molar-refractivity contribution is -0.143. The van der Waals surface area contributed by atoms with E-state index in [4.69, 9.17) is 0 Å². The van der Waals surface area contributed by atoms with Crippen molar-refractivity contribution in [1.29, 1.82) is 0 Å². The predicted molar refractivity (Wildman–Crippen MR) is 86.7 cm³/mol. The third-order valence-electron chi connectivity index (χ3n) is 4.12. The van der Waals surface area contributed by atoms with Crippen LogP contribution in [0.1, 0.15) is 35.3 Å². The maximum Gasteiger partial charge on any atom is 0.434 e. The number of aromatic nitrogens is 2. The van der Waals surface area contributed by atoms with Gasteiger partial charge in [0.15, 0.2) is 5.69 Å². The average molecular weight is 366 g/mol. The van der Waals surface area contributed by atoms with E-state index in [0.717, 1.165) is 12.6 Å². The minimum Gasteiger partial charge on any atom is -0.354 e. The molecule has 1 aliphatic rings. The number of hydrogen-bond donors (Lipinski definition) is 2. The molecule has 6 nitrogen and oxygen atoms in total. The molecule has 0 bridgehead atoms. The van der Waals surface area contributed by atoms with Gasteiger partial charge in [0.25, 0.3) is 5.91 Å². The molecule has 2 N–H and O–H groups in total. The van der Waals surface area contributed by atoms with Crippen molar-refractivity contribution in [2.45, 2.75) is 31.5 Å². The van der Waals surface area contributed by atoms with E-state index in [1.165, 1.54) is 12.1 Å². The maximum absolute atomic E-state index is 13.6. The zero-order chi connectivity index (χ0) is 18.7. The summed E-state index contributed by atoms with van der Waals surface area (Å²) < 4.78 is 41.4. The number of amides is 2. The predicted octanol–water partition coefficient (Wildman–Crippen LogP) is 2.29. The molecule has 1 aliphatic heterocycles. The third kappa shape index (κ3) is 3.71. The number of carbonyl (C=O) groups excluding carboxylic acids is 2. The van der Waals surface area contributed by atoms with Gasteiger partial charge in [-0.05, 0) is 31.4 Å². The van der Waals surface area contributed by atoms with E-state index in [1.807, 2.05) is 0 Å². The summed E-state index contributed by atoms with van der Waals surface area (Å²) in [6.07, 6.45) is -2.08. The van der Waals surface area contributed by atoms with Crippen molar-refractivity contribution in [1.82, 2.24) is 20.4 Å². The first kappa shape index (κ1) is 18.0. The molecule has 0 saturated carbocycles. The van der Waals surface area contributed by atoms with Crippen LogP contribution >= 0.6 is 0 Å². The van der Waals surface area contributed by atoms with Crippen LogP contribution < -0.4 is 10.6 Å². The zero-order valence-corrected chi connectivity index (χ0v) is 13.7. The second-order valence-electron chi connectivity index (χ2n) is 5.96. The summed E-state index contributed by atoms with van der Waals surface area (Å²) in [5.74, 6) is -1.36. The number of halogens is 3. The van der Waals surface area contributed by atoms with Gasteiger partial charge in [-0.1, -0.05) is 18.2 Å². The van der Waals surface area contributed by atoms with Crippen molar-refractivity contribution < 1.29 is 22.8 Å². The van der Waals surface area contributed by atoms with Crippen LogP contribution in [0.15, 0.2) is 36.5 Å². The molecule has 2 amide bonds. The molecule has 0 spiro atoms. The number of hydrogen-bond acceptors (Lipinski definition) is 3. The van der Waals surface area contributed by atoms with Gasteiger partial charge < -0.3 is 10.6 Å². The number of benzene rings is 1. The summed E-state index contributed by atoms with van der Waals surface area (Å²) in [5.41, 5.74) is -1.60. The van der Waals surface area contributed by atoms with Gasteiger partial charge in [0, 0.05) is 6.54 Å². The van der Waals surface area contributed by atoms with Gasteiger partial charge in [0.05, 0.1) is 17.4 Å². The fraction of sp³-hybridized carbons (Fsp3) is 0.353. The normalized spacial score (nSPS) is 18.1. The van der Waals surface area contributed by atoms with Crippen molar-refractivity contribution in [3.8, 4) is 5.69 Å². The van der Waals surface area contributed by atoms with Gasteiger partial charge in [-0.3, -0.25) is 9.59 Å². The summed E-state index contributed by atoms with van der Waals surface area (Å²) >= 11 is 0. The molecule has 26 heavy (non-hydrogen) atoms. The monoisotopic (exact) mass is 366 g/mol. The third-order valence-corrected chi connectivity index (χ3v) is 4.12. The van der Waals surface area contributed by atoms with Crippen LogP contribution in [0, 0.1) is 0 Å². The quantitative estimate of drug-likeness (QED) is 0.875. The lowest BCUT2D eigenvalue weighted by Gasteiger charge is -2.16. The molecule has 0 radical (unpaired) electrons. The van der Waals surface area contributed by atoms with Crippen LogP contribution in [0.5, 0.6) is 0 Å². The highest BCUT2D eigenvalue weighted by Gasteiger charge is 2.41. The molecule has 1 saturated heterocycles. The van der Waals surface area contributed by atoms with E-state index in [1.54, 1.807) is 18.2 Å². The molecule has 9 heteroatoms. The van der Waals surface area contributed by atoms with Crippen molar-refractivity contribution in [3.05, 3.63) is 47.8 Å². The van der Waals surface area contributed by atoms with E-state index in [9.17, 15) is 22.8 Å². The first-order chi connectivity index (χ1) is 12.4. The Hall–Kier alpha value is -2.84. The van der Waals surface area contributed by atoms with Gasteiger partial charge in [-0.25, -0.2) is 4.68 Å². The first-order valence-electron chi connectivity index (χ1n) is 8.17. The van der Waals surface area contributed by atoms with E-state index >= 15 is 0 Å². The topological polar surface area (TPSA) is 76.0 Å². The Kier molecular flexibility index (Phi) is 4.97. The largest absolute Gasteiger partial charge is 0.434 e. The van der Waals surface area contributed by atoms with Crippen LogP contribution in [0.3, 0.4) is 0 Å². The standard InChI is InChI=1S/C17H17F3N4O2/c18-17(19,20)14-12(10-22-24(14)11-6-2-1-3-7-11)15(25)23-13-8-4-5-9-21-16(13)26/h1-3,6-7,10,13H,4-5,8-9H2,(H,21,26)(H,23,25)/t13-/m0/s1. The summed E-state index contributed by atoms with van der Waals surface area (Å²) in [4.78, 5) is 24.4. The van der Waals surface area contributed by atoms with Gasteiger partial charge in [-0.15, -0.1) is 0 Å². The smallest absolute Gasteiger partial charge is 0.354 e. The van der Waals surface area contributed by atoms with Crippen LogP contribution in [0.25, 0.3) is 5.69 Å². The SMILES string of the molecule is O=C(N[C@H]1CCCCNC1=O)c1cnn(-c2ccccc2)c1C(F)(F)F. The molecule has 1 fully saturated rings. The highest BCUT2D eigenvalue weighted by molar-refractivity contribution is 5.98. The molecule has 138 valence electrons. The average Bonchev–Trinajstić information content (AvgIpc) is 2.97. The fourth-order valence-corrected chi connectivity index (χ4v) is 2.87. The number of nitrogens with zero attached hydrogens (tertiary/aromatic N) is 2. The van der Waals surface area contributed by atoms with Crippen LogP contribution in [0.2, 0.25) is 0 Å². The summed E-state index contributed by atoms with van der Waals surface area (Å²) in [7, 11) is 0. The highest BCUT2D eigenvalue weighted by atomic mass is 19.4. The van der Waals surface area contributed by atoms with Crippen LogP contribution in [-0.4, -0.2) is 34.2 Å². The summed E-state index contributed by atoms with van der Waals surface area (Å²) in [6, 6.07) is 6.88. The molecular weight excluding hydrogens is 349 g/mol. The molecule has 2 aromatic rings. The molecule has 3 rings (SSSR count). The van der Waals surface area contributed by atoms with Crippen molar-refractivity contribution in [2.24, 2.45) is 0 Å². The van der Waals surface area contributed by atoms with Gasteiger partial charge in [0.2, 0.25) is 5.91 Å². The van der Waals surface area contributed by atoms with E-state index < -0.39 is 29.4 Å². The summed E-state index contributed by atoms with van der Waals surface area (Å²) in [5, 5.41) is 8.77. The van der Waals surface area contributed by atoms with Crippen LogP contribution in [-0.2, 0) is 11.0 Å². The number of rotatable bonds is 3. The van der Waals surface area contributed by atoms with E-state index in [2.05, 4.69) is 15.7 Å². The Labute approximate surface area is 147 Å². The minimum absolute atomic E-state index is 0.186. The Morgan fingerprint density at radius 3 is 2.65 bits per heavy atom. The van der Waals surface area contributed by atoms with E-state index in [0.29, 0.717) is 24.1 Å². The fourth-order valence-electron chi connectivity index (χ4n) is 2.87. The van der Waals surface area contributed by atoms with Crippen LogP contribution in [0.4, 0.5) is 13.2 Å². The number of carbonyl (C=O) groups is 2. The molecular formula is C17H17F3N4O2. The molecule has 2 heterocycles. The molecule has 1 atom stereocenters. The molecule has 0 unspecified atom stereocenters. The van der Waals surface area contributed by atoms with Crippen molar-refractivity contribution in [3.63, 3.8) is 0 Å². The second kappa shape index (κ2) is 7.19. The molecule has 1 aromatic carbocycles. The van der Waals surface area contributed by atoms with Crippen molar-refractivity contribution in [2.75, 3.05) is 6.54 Å². The Morgan fingerprint density at radius 2 is 1.96 bits per heavy atom. The first-order valence-corrected chi connectivity index (χ1v) is 8.17. The zero-order valence-electron chi connectivity index (χ0n) is 13.7. The maximum atomic E-state index is 13.6. The molecule has 1 aromatic heterocycles. The lowest BCUT2D eigenvalue weighted by atomic mass is 10.1. The lowest BCUT2D eigenvalue weighted by Crippen LogP contribution is -2.45. The minimum atomic E-state index is -4.79. The number of alkyl halides is 3. The second-order valence-corrected chi connectivity index (χ2v) is 5.96. The van der Waals surface area contributed by atoms with Gasteiger partial charge >= 0.3 is 6.18 Å². The van der Waals surface area contributed by atoms with Crippen molar-refractivity contribution >= 4 is 11.8 Å². The van der Waals surface area contributed by atoms with E-state index in [-0.39, 0.29) is 11.6 Å².